The van der Waals surface area contributed by atoms with Gasteiger partial charge >= 0.3 is 0 Å². The molecule has 3 aliphatic rings. The topological polar surface area (TPSA) is 135 Å². The molecule has 4 aromatic carbocycles. The lowest BCUT2D eigenvalue weighted by Crippen LogP contribution is -2.60. The monoisotopic (exact) mass is 709 g/mol. The summed E-state index contributed by atoms with van der Waals surface area (Å²) in [6.07, 6.45) is 8.54. The van der Waals surface area contributed by atoms with E-state index in [1.165, 1.54) is 12.8 Å². The van der Waals surface area contributed by atoms with Gasteiger partial charge in [0.25, 0.3) is 0 Å². The second-order valence-corrected chi connectivity index (χ2v) is 15.7. The number of fused-ring (bicyclic) bond motifs is 4. The van der Waals surface area contributed by atoms with Crippen LogP contribution >= 0.6 is 0 Å². The van der Waals surface area contributed by atoms with Gasteiger partial charge in [-0.25, -0.2) is 0 Å². The van der Waals surface area contributed by atoms with E-state index >= 15 is 0 Å². The highest BCUT2D eigenvalue weighted by atomic mass is 16.2. The molecule has 0 aromatic heterocycles. The quantitative estimate of drug-likeness (QED) is 0.121. The van der Waals surface area contributed by atoms with E-state index in [0.717, 1.165) is 32.1 Å². The second-order valence-electron chi connectivity index (χ2n) is 15.7. The lowest BCUT2D eigenvalue weighted by atomic mass is 9.70. The molecule has 272 valence electrons. The number of carbonyl (C=O) groups excluding carboxylic acids is 5. The lowest BCUT2D eigenvalue weighted by molar-refractivity contribution is -0.116. The molecule has 1 saturated heterocycles. The summed E-state index contributed by atoms with van der Waals surface area (Å²) >= 11 is 0. The van der Waals surface area contributed by atoms with Crippen molar-refractivity contribution in [2.45, 2.75) is 96.6 Å². The van der Waals surface area contributed by atoms with E-state index in [4.69, 9.17) is 5.73 Å². The molecular weight excluding hydrogens is 663 g/mol. The number of nitrogens with two attached hydrogens (primary N) is 1. The Kier molecular flexibility index (Phi) is 9.53. The maximum atomic E-state index is 14.4. The Morgan fingerprint density at radius 3 is 1.70 bits per heavy atom. The number of piperidine rings is 1. The van der Waals surface area contributed by atoms with Crippen molar-refractivity contribution < 1.29 is 24.0 Å². The molecule has 1 heterocycles. The Labute approximate surface area is 310 Å². The van der Waals surface area contributed by atoms with Gasteiger partial charge in [0, 0.05) is 56.6 Å². The van der Waals surface area contributed by atoms with Gasteiger partial charge in [-0.05, 0) is 75.1 Å². The van der Waals surface area contributed by atoms with Crippen LogP contribution in [-0.4, -0.2) is 40.1 Å². The smallest absolute Gasteiger partial charge is 0.224 e. The van der Waals surface area contributed by atoms with Crippen LogP contribution in [0, 0.1) is 5.92 Å². The zero-order chi connectivity index (χ0) is 37.7. The molecule has 7 rings (SSSR count). The summed E-state index contributed by atoms with van der Waals surface area (Å²) in [7, 11) is 0. The van der Waals surface area contributed by atoms with Crippen LogP contribution < -0.4 is 16.4 Å². The van der Waals surface area contributed by atoms with E-state index < -0.39 is 17.3 Å². The first kappa shape index (κ1) is 36.2. The highest BCUT2D eigenvalue weighted by molar-refractivity contribution is 6.35. The largest absolute Gasteiger partial charge is 0.398 e. The first-order valence-corrected chi connectivity index (χ1v) is 18.9. The fourth-order valence-electron chi connectivity index (χ4n) is 9.55. The van der Waals surface area contributed by atoms with Gasteiger partial charge in [-0.2, -0.15) is 0 Å². The summed E-state index contributed by atoms with van der Waals surface area (Å²) in [5.74, 6) is -1.19. The highest BCUT2D eigenvalue weighted by Crippen LogP contribution is 2.44. The van der Waals surface area contributed by atoms with Gasteiger partial charge < -0.3 is 16.4 Å². The summed E-state index contributed by atoms with van der Waals surface area (Å²) in [5, 5.41) is 6.94. The molecule has 8 nitrogen and oxygen atoms in total. The number of carbonyl (C=O) groups is 5. The predicted molar refractivity (Wildman–Crippen MR) is 208 cm³/mol. The zero-order valence-corrected chi connectivity index (χ0v) is 31.0. The van der Waals surface area contributed by atoms with E-state index in [9.17, 15) is 24.0 Å². The molecule has 4 N–H and O–H groups in total. The van der Waals surface area contributed by atoms with Crippen LogP contribution in [0.5, 0.6) is 0 Å². The third kappa shape index (κ3) is 6.43. The van der Waals surface area contributed by atoms with Crippen LogP contribution in [-0.2, 0) is 4.79 Å². The van der Waals surface area contributed by atoms with Crippen LogP contribution in [0.1, 0.15) is 149 Å². The van der Waals surface area contributed by atoms with Crippen LogP contribution in [0.2, 0.25) is 0 Å². The van der Waals surface area contributed by atoms with Crippen LogP contribution in [0.4, 0.5) is 11.4 Å². The average molecular weight is 710 g/mol. The standard InChI is InChI=1S/C45H47N3O5/c1-5-12-26-24-44(3,22-6-2)48-45(4,25-26)23-11-17-35(49)47-34-21-19-28(37-39(34)43(53)32-16-10-8-14-30(32)41(37)51)27-18-20-33(46)38-36(27)40(50)29-13-7-9-15-31(29)42(38)52/h7-10,13-16,18-21,26,48H,5-6,11-12,17,22-25,46H2,1-4H3,(H,47,49). The number of nitrogen functional groups attached to an aromatic ring is 1. The second kappa shape index (κ2) is 14.0. The fourth-order valence-corrected chi connectivity index (χ4v) is 9.55. The number of rotatable bonds is 10. The zero-order valence-electron chi connectivity index (χ0n) is 31.0. The minimum Gasteiger partial charge on any atom is -0.398 e. The molecule has 3 atom stereocenters. The van der Waals surface area contributed by atoms with E-state index in [-0.39, 0.29) is 85.1 Å². The highest BCUT2D eigenvalue weighted by Gasteiger charge is 2.42. The average Bonchev–Trinajstić information content (AvgIpc) is 3.12. The predicted octanol–water partition coefficient (Wildman–Crippen LogP) is 8.71. The van der Waals surface area contributed by atoms with Gasteiger partial charge in [-0.3, -0.25) is 24.0 Å². The van der Waals surface area contributed by atoms with Crippen LogP contribution in [0.25, 0.3) is 11.1 Å². The Hall–Kier alpha value is -5.21. The summed E-state index contributed by atoms with van der Waals surface area (Å²) in [6, 6.07) is 19.6. The van der Waals surface area contributed by atoms with E-state index in [0.29, 0.717) is 23.5 Å². The van der Waals surface area contributed by atoms with Crippen molar-refractivity contribution in [2.24, 2.45) is 5.92 Å². The lowest BCUT2D eigenvalue weighted by Gasteiger charge is -2.50. The van der Waals surface area contributed by atoms with Crippen molar-refractivity contribution in [3.05, 3.63) is 117 Å². The first-order chi connectivity index (χ1) is 25.4. The third-order valence-corrected chi connectivity index (χ3v) is 11.5. The molecule has 3 unspecified atom stereocenters. The van der Waals surface area contributed by atoms with Gasteiger partial charge in [-0.1, -0.05) is 93.8 Å². The maximum Gasteiger partial charge on any atom is 0.224 e. The Morgan fingerprint density at radius 2 is 1.15 bits per heavy atom. The minimum atomic E-state index is -0.407. The number of hydrogen-bond acceptors (Lipinski definition) is 7. The molecule has 8 heteroatoms. The normalized spacial score (nSPS) is 21.8. The first-order valence-electron chi connectivity index (χ1n) is 18.9. The van der Waals surface area contributed by atoms with Crippen LogP contribution in [0.3, 0.4) is 0 Å². The summed E-state index contributed by atoms with van der Waals surface area (Å²) in [6.45, 7) is 9.08. The maximum absolute atomic E-state index is 14.4. The summed E-state index contributed by atoms with van der Waals surface area (Å²) in [4.78, 5) is 70.0. The summed E-state index contributed by atoms with van der Waals surface area (Å²) in [5.41, 5.74) is 8.61. The van der Waals surface area contributed by atoms with Gasteiger partial charge in [0.15, 0.2) is 23.1 Å². The van der Waals surface area contributed by atoms with Gasteiger partial charge in [0.05, 0.1) is 16.8 Å². The molecular formula is C45H47N3O5. The van der Waals surface area contributed by atoms with Gasteiger partial charge in [0.2, 0.25) is 5.91 Å². The van der Waals surface area contributed by atoms with E-state index in [2.05, 4.69) is 38.3 Å². The van der Waals surface area contributed by atoms with Crippen molar-refractivity contribution in [3.8, 4) is 11.1 Å². The molecule has 1 fully saturated rings. The number of anilines is 2. The minimum absolute atomic E-state index is 0.0683. The van der Waals surface area contributed by atoms with Crippen molar-refractivity contribution in [3.63, 3.8) is 0 Å². The van der Waals surface area contributed by atoms with E-state index in [1.54, 1.807) is 72.8 Å². The van der Waals surface area contributed by atoms with Gasteiger partial charge in [0.1, 0.15) is 0 Å². The molecule has 4 aromatic rings. The molecule has 1 aliphatic heterocycles. The number of ketones is 4. The molecule has 2 aliphatic carbocycles. The van der Waals surface area contributed by atoms with Crippen LogP contribution in [0.15, 0.2) is 72.8 Å². The molecule has 0 saturated carbocycles. The Balaban J connectivity index is 1.22. The van der Waals surface area contributed by atoms with Crippen molar-refractivity contribution in [1.82, 2.24) is 5.32 Å². The third-order valence-electron chi connectivity index (χ3n) is 11.5. The molecule has 0 spiro atoms. The fraction of sp³-hybridized carbons (Fsp3) is 0.356. The SMILES string of the molecule is CCCC1CC(C)(CCC)NC(C)(CCCC(=O)Nc2ccc(-c3ccc(N)c4c3C(=O)c3ccccc3C4=O)c3c2C(=O)c2ccccc2C3=O)C1. The molecule has 53 heavy (non-hydrogen) atoms. The molecule has 0 bridgehead atoms. The number of amides is 1. The van der Waals surface area contributed by atoms with Crippen molar-refractivity contribution in [1.29, 1.82) is 0 Å². The summed E-state index contributed by atoms with van der Waals surface area (Å²) < 4.78 is 0. The van der Waals surface area contributed by atoms with Crippen molar-refractivity contribution >= 4 is 40.4 Å². The van der Waals surface area contributed by atoms with E-state index in [1.807, 2.05) is 0 Å². The van der Waals surface area contributed by atoms with Gasteiger partial charge in [-0.15, -0.1) is 0 Å². The molecule has 0 radical (unpaired) electrons. The Bertz CT molecular complexity index is 2200. The number of benzene rings is 4. The Morgan fingerprint density at radius 1 is 0.660 bits per heavy atom. The number of nitrogens with one attached hydrogen (secondary N) is 2. The van der Waals surface area contributed by atoms with Crippen molar-refractivity contribution in [2.75, 3.05) is 11.1 Å². The molecule has 1 amide bonds. The number of hydrogen-bond donors (Lipinski definition) is 3.